The molecule has 1 amide bonds. The number of rotatable bonds is 3. The van der Waals surface area contributed by atoms with Crippen LogP contribution in [0.1, 0.15) is 43.0 Å². The zero-order chi connectivity index (χ0) is 15.2. The lowest BCUT2D eigenvalue weighted by Gasteiger charge is -2.28. The predicted molar refractivity (Wildman–Crippen MR) is 87.8 cm³/mol. The highest BCUT2D eigenvalue weighted by molar-refractivity contribution is 7.10. The number of carbonyl (C=O) groups excluding carboxylic acids is 1. The van der Waals surface area contributed by atoms with Gasteiger partial charge in [-0.1, -0.05) is 18.8 Å². The Balaban J connectivity index is 1.89. The number of thiophene rings is 1. The van der Waals surface area contributed by atoms with E-state index in [9.17, 15) is 4.79 Å². The van der Waals surface area contributed by atoms with Gasteiger partial charge in [0.15, 0.2) is 0 Å². The Labute approximate surface area is 131 Å². The van der Waals surface area contributed by atoms with Crippen LogP contribution in [-0.4, -0.2) is 24.4 Å². The molecule has 1 aromatic rings. The molecule has 2 rings (SSSR count). The normalized spacial score (nSPS) is 21.5. The van der Waals surface area contributed by atoms with Gasteiger partial charge in [0.2, 0.25) is 5.91 Å². The fourth-order valence-electron chi connectivity index (χ4n) is 2.83. The van der Waals surface area contributed by atoms with E-state index < -0.39 is 0 Å². The van der Waals surface area contributed by atoms with Gasteiger partial charge >= 0.3 is 0 Å². The number of nitrogens with two attached hydrogens (primary N) is 1. The Hall–Kier alpha value is -1.31. The Morgan fingerprint density at radius 2 is 2.14 bits per heavy atom. The van der Waals surface area contributed by atoms with E-state index in [1.807, 2.05) is 11.9 Å². The molecule has 114 valence electrons. The number of hydrogen-bond acceptors (Lipinski definition) is 3. The summed E-state index contributed by atoms with van der Waals surface area (Å²) in [6, 6.07) is 2.06. The first-order chi connectivity index (χ1) is 10.1. The van der Waals surface area contributed by atoms with Crippen LogP contribution in [0.2, 0.25) is 0 Å². The molecule has 0 aromatic carbocycles. The maximum atomic E-state index is 12.5. The van der Waals surface area contributed by atoms with Gasteiger partial charge in [-0.2, -0.15) is 0 Å². The number of hydrogen-bond donors (Lipinski definition) is 1. The fourth-order valence-corrected chi connectivity index (χ4v) is 3.60. The van der Waals surface area contributed by atoms with Gasteiger partial charge in [-0.15, -0.1) is 11.3 Å². The molecular formula is C17H24N2OS. The smallest absolute Gasteiger partial charge is 0.225 e. The summed E-state index contributed by atoms with van der Waals surface area (Å²) in [7, 11) is 1.91. The standard InChI is InChI=1S/C17H24N2OS/c1-13-5-7-15(8-6-13)17(20)19(2)11-14-10-16(21-12-14)4-3-9-18/h10,12-13,15H,5-9,11,18H2,1-2H3. The van der Waals surface area contributed by atoms with Gasteiger partial charge in [0.05, 0.1) is 11.4 Å². The summed E-state index contributed by atoms with van der Waals surface area (Å²) in [5, 5.41) is 2.08. The second kappa shape index (κ2) is 7.63. The fraction of sp³-hybridized carbons (Fsp3) is 0.588. The van der Waals surface area contributed by atoms with Crippen LogP contribution in [0.5, 0.6) is 0 Å². The van der Waals surface area contributed by atoms with Crippen LogP contribution >= 0.6 is 11.3 Å². The Morgan fingerprint density at radius 1 is 1.43 bits per heavy atom. The van der Waals surface area contributed by atoms with Crippen LogP contribution in [0.4, 0.5) is 0 Å². The summed E-state index contributed by atoms with van der Waals surface area (Å²) in [6.07, 6.45) is 4.45. The average Bonchev–Trinajstić information content (AvgIpc) is 2.92. The van der Waals surface area contributed by atoms with E-state index in [0.29, 0.717) is 19.0 Å². The summed E-state index contributed by atoms with van der Waals surface area (Å²) in [5.74, 6) is 7.19. The maximum absolute atomic E-state index is 12.5. The molecule has 21 heavy (non-hydrogen) atoms. The van der Waals surface area contributed by atoms with Crippen molar-refractivity contribution in [2.24, 2.45) is 17.6 Å². The summed E-state index contributed by atoms with van der Waals surface area (Å²) in [4.78, 5) is 15.4. The van der Waals surface area contributed by atoms with Crippen molar-refractivity contribution in [3.05, 3.63) is 21.9 Å². The lowest BCUT2D eigenvalue weighted by molar-refractivity contribution is -0.136. The van der Waals surface area contributed by atoms with Crippen molar-refractivity contribution < 1.29 is 4.79 Å². The van der Waals surface area contributed by atoms with Crippen LogP contribution in [0.25, 0.3) is 0 Å². The van der Waals surface area contributed by atoms with Crippen LogP contribution in [0.3, 0.4) is 0 Å². The number of carbonyl (C=O) groups is 1. The molecule has 4 heteroatoms. The summed E-state index contributed by atoms with van der Waals surface area (Å²) in [5.41, 5.74) is 6.53. The third kappa shape index (κ3) is 4.59. The number of nitrogens with zero attached hydrogens (tertiary/aromatic N) is 1. The highest BCUT2D eigenvalue weighted by Gasteiger charge is 2.26. The zero-order valence-electron chi connectivity index (χ0n) is 12.9. The summed E-state index contributed by atoms with van der Waals surface area (Å²) < 4.78 is 0. The molecule has 1 aliphatic carbocycles. The van der Waals surface area contributed by atoms with Crippen molar-refractivity contribution in [1.82, 2.24) is 4.90 Å². The Bertz CT molecular complexity index is 532. The topological polar surface area (TPSA) is 46.3 Å². The molecule has 0 atom stereocenters. The average molecular weight is 304 g/mol. The molecule has 2 N–H and O–H groups in total. The molecule has 1 aliphatic rings. The molecule has 0 aliphatic heterocycles. The van der Waals surface area contributed by atoms with Crippen LogP contribution in [0, 0.1) is 23.7 Å². The zero-order valence-corrected chi connectivity index (χ0v) is 13.7. The van der Waals surface area contributed by atoms with Gasteiger partial charge in [0, 0.05) is 19.5 Å². The van der Waals surface area contributed by atoms with E-state index >= 15 is 0 Å². The molecule has 0 radical (unpaired) electrons. The minimum atomic E-state index is 0.223. The molecule has 0 saturated heterocycles. The Morgan fingerprint density at radius 3 is 2.81 bits per heavy atom. The minimum absolute atomic E-state index is 0.223. The van der Waals surface area contributed by atoms with Crippen molar-refractivity contribution in [3.63, 3.8) is 0 Å². The van der Waals surface area contributed by atoms with E-state index in [-0.39, 0.29) is 5.92 Å². The van der Waals surface area contributed by atoms with E-state index in [0.717, 1.165) is 29.2 Å². The van der Waals surface area contributed by atoms with E-state index in [1.165, 1.54) is 12.8 Å². The summed E-state index contributed by atoms with van der Waals surface area (Å²) >= 11 is 1.61. The van der Waals surface area contributed by atoms with Crippen molar-refractivity contribution >= 4 is 17.2 Å². The van der Waals surface area contributed by atoms with Gasteiger partial charge < -0.3 is 10.6 Å². The van der Waals surface area contributed by atoms with Crippen molar-refractivity contribution in [3.8, 4) is 11.8 Å². The first-order valence-electron chi connectivity index (χ1n) is 7.61. The largest absolute Gasteiger partial charge is 0.341 e. The molecule has 1 aromatic heterocycles. The molecule has 1 fully saturated rings. The SMILES string of the molecule is CC1CCC(C(=O)N(C)Cc2csc(C#CCN)c2)CC1. The molecule has 1 saturated carbocycles. The molecule has 1 heterocycles. The van der Waals surface area contributed by atoms with Gasteiger partial charge in [0.25, 0.3) is 0 Å². The van der Waals surface area contributed by atoms with E-state index in [4.69, 9.17) is 5.73 Å². The monoisotopic (exact) mass is 304 g/mol. The second-order valence-electron chi connectivity index (χ2n) is 5.98. The van der Waals surface area contributed by atoms with E-state index in [1.54, 1.807) is 11.3 Å². The number of amides is 1. The van der Waals surface area contributed by atoms with Crippen molar-refractivity contribution in [2.75, 3.05) is 13.6 Å². The van der Waals surface area contributed by atoms with Gasteiger partial charge in [-0.3, -0.25) is 4.79 Å². The third-order valence-corrected chi connectivity index (χ3v) is 5.02. The van der Waals surface area contributed by atoms with Crippen LogP contribution in [-0.2, 0) is 11.3 Å². The third-order valence-electron chi connectivity index (χ3n) is 4.13. The molecule has 0 bridgehead atoms. The van der Waals surface area contributed by atoms with Gasteiger partial charge in [-0.05, 0) is 48.6 Å². The molecule has 0 spiro atoms. The molecular weight excluding hydrogens is 280 g/mol. The molecule has 3 nitrogen and oxygen atoms in total. The Kier molecular flexibility index (Phi) is 5.84. The highest BCUT2D eigenvalue weighted by atomic mass is 32.1. The quantitative estimate of drug-likeness (QED) is 0.873. The van der Waals surface area contributed by atoms with Crippen molar-refractivity contribution in [2.45, 2.75) is 39.2 Å². The highest BCUT2D eigenvalue weighted by Crippen LogP contribution is 2.29. The minimum Gasteiger partial charge on any atom is -0.341 e. The molecule has 0 unspecified atom stereocenters. The first kappa shape index (κ1) is 16.1. The second-order valence-corrected chi connectivity index (χ2v) is 6.89. The van der Waals surface area contributed by atoms with Crippen LogP contribution < -0.4 is 5.73 Å². The maximum Gasteiger partial charge on any atom is 0.225 e. The van der Waals surface area contributed by atoms with E-state index in [2.05, 4.69) is 30.2 Å². The van der Waals surface area contributed by atoms with Gasteiger partial charge in [-0.25, -0.2) is 0 Å². The predicted octanol–water partition coefficient (Wildman–Crippen LogP) is 2.84. The summed E-state index contributed by atoms with van der Waals surface area (Å²) in [6.45, 7) is 3.33. The lowest BCUT2D eigenvalue weighted by Crippen LogP contribution is -2.34. The van der Waals surface area contributed by atoms with Crippen molar-refractivity contribution in [1.29, 1.82) is 0 Å². The van der Waals surface area contributed by atoms with Crippen LogP contribution in [0.15, 0.2) is 11.4 Å². The lowest BCUT2D eigenvalue weighted by atomic mass is 9.82. The first-order valence-corrected chi connectivity index (χ1v) is 8.49. The van der Waals surface area contributed by atoms with Gasteiger partial charge in [0.1, 0.15) is 0 Å².